The van der Waals surface area contributed by atoms with E-state index in [0.29, 0.717) is 13.2 Å². The van der Waals surface area contributed by atoms with Crippen LogP contribution in [0.2, 0.25) is 0 Å². The number of methoxy groups -OCH3 is 1. The highest BCUT2D eigenvalue weighted by Gasteiger charge is 2.17. The van der Waals surface area contributed by atoms with Crippen molar-refractivity contribution >= 4 is 0 Å². The molecule has 1 aromatic carbocycles. The molecule has 1 aliphatic carbocycles. The number of rotatable bonds is 8. The van der Waals surface area contributed by atoms with E-state index in [-0.39, 0.29) is 19.3 Å². The molecule has 2 unspecified atom stereocenters. The van der Waals surface area contributed by atoms with Crippen LogP contribution in [0.15, 0.2) is 18.2 Å². The van der Waals surface area contributed by atoms with Crippen molar-refractivity contribution in [3.63, 3.8) is 0 Å². The maximum Gasteiger partial charge on any atom is 0.119 e. The lowest BCUT2D eigenvalue weighted by Crippen LogP contribution is -2.24. The Labute approximate surface area is 126 Å². The van der Waals surface area contributed by atoms with E-state index in [1.165, 1.54) is 11.1 Å². The summed E-state index contributed by atoms with van der Waals surface area (Å²) in [7, 11) is 1.62. The zero-order chi connectivity index (χ0) is 15.1. The van der Waals surface area contributed by atoms with Crippen LogP contribution in [-0.4, -0.2) is 44.7 Å². The first-order chi connectivity index (χ1) is 10.2. The molecule has 0 saturated carbocycles. The molecule has 0 amide bonds. The third kappa shape index (κ3) is 4.97. The molecule has 5 heteroatoms. The van der Waals surface area contributed by atoms with Crippen LogP contribution < -0.4 is 10.5 Å². The molecule has 3 N–H and O–H groups in total. The summed E-state index contributed by atoms with van der Waals surface area (Å²) < 4.78 is 15.7. The smallest absolute Gasteiger partial charge is 0.119 e. The SMILES string of the molecule is COCCOCC(O)COc1ccc2c(c1)CCCC2N. The Kier molecular flexibility index (Phi) is 6.45. The van der Waals surface area contributed by atoms with Crippen LogP contribution >= 0.6 is 0 Å². The second-order valence-corrected chi connectivity index (χ2v) is 5.39. The molecule has 21 heavy (non-hydrogen) atoms. The van der Waals surface area contributed by atoms with Crippen molar-refractivity contribution in [2.75, 3.05) is 33.5 Å². The van der Waals surface area contributed by atoms with Gasteiger partial charge in [0.05, 0.1) is 19.8 Å². The second kappa shape index (κ2) is 8.34. The highest BCUT2D eigenvalue weighted by Crippen LogP contribution is 2.30. The average molecular weight is 295 g/mol. The number of aliphatic hydroxyl groups excluding tert-OH is 1. The summed E-state index contributed by atoms with van der Waals surface area (Å²) in [4.78, 5) is 0. The Bertz CT molecular complexity index is 438. The van der Waals surface area contributed by atoms with Gasteiger partial charge < -0.3 is 25.1 Å². The molecule has 0 bridgehead atoms. The van der Waals surface area contributed by atoms with Crippen molar-refractivity contribution in [2.45, 2.75) is 31.4 Å². The van der Waals surface area contributed by atoms with Gasteiger partial charge in [0.15, 0.2) is 0 Å². The quantitative estimate of drug-likeness (QED) is 0.710. The summed E-state index contributed by atoms with van der Waals surface area (Å²) in [6, 6.07) is 6.13. The molecule has 1 aliphatic rings. The fraction of sp³-hybridized carbons (Fsp3) is 0.625. The van der Waals surface area contributed by atoms with Gasteiger partial charge in [0, 0.05) is 13.2 Å². The Morgan fingerprint density at radius 1 is 1.33 bits per heavy atom. The number of hydrogen-bond acceptors (Lipinski definition) is 5. The summed E-state index contributed by atoms with van der Waals surface area (Å²) in [5, 5.41) is 9.78. The molecule has 0 heterocycles. The van der Waals surface area contributed by atoms with Gasteiger partial charge in [-0.15, -0.1) is 0 Å². The molecular formula is C16H25NO4. The van der Waals surface area contributed by atoms with Gasteiger partial charge in [-0.2, -0.15) is 0 Å². The molecule has 0 spiro atoms. The van der Waals surface area contributed by atoms with Gasteiger partial charge in [-0.1, -0.05) is 6.07 Å². The predicted molar refractivity (Wildman–Crippen MR) is 80.5 cm³/mol. The molecule has 2 rings (SSSR count). The zero-order valence-electron chi connectivity index (χ0n) is 12.6. The minimum absolute atomic E-state index is 0.141. The predicted octanol–water partition coefficient (Wildman–Crippen LogP) is 1.43. The normalized spacial score (nSPS) is 19.1. The third-order valence-corrected chi connectivity index (χ3v) is 3.66. The van der Waals surface area contributed by atoms with E-state index in [2.05, 4.69) is 0 Å². The standard InChI is InChI=1S/C16H25NO4/c1-19-7-8-20-10-13(18)11-21-14-5-6-15-12(9-14)3-2-4-16(15)17/h5-6,9,13,16,18H,2-4,7-8,10-11,17H2,1H3. The summed E-state index contributed by atoms with van der Waals surface area (Å²) in [5.41, 5.74) is 8.57. The number of nitrogens with two attached hydrogens (primary N) is 1. The highest BCUT2D eigenvalue weighted by atomic mass is 16.5. The van der Waals surface area contributed by atoms with Gasteiger partial charge in [0.1, 0.15) is 18.5 Å². The van der Waals surface area contributed by atoms with Crippen molar-refractivity contribution in [3.05, 3.63) is 29.3 Å². The Hall–Kier alpha value is -1.14. The number of ether oxygens (including phenoxy) is 3. The molecule has 118 valence electrons. The van der Waals surface area contributed by atoms with Crippen LogP contribution in [0.4, 0.5) is 0 Å². The van der Waals surface area contributed by atoms with Gasteiger partial charge in [0.25, 0.3) is 0 Å². The first-order valence-electron chi connectivity index (χ1n) is 7.46. The number of hydrogen-bond donors (Lipinski definition) is 2. The molecule has 0 saturated heterocycles. The number of aliphatic hydroxyl groups is 1. The van der Waals surface area contributed by atoms with Crippen molar-refractivity contribution in [2.24, 2.45) is 5.73 Å². The van der Waals surface area contributed by atoms with Crippen LogP contribution in [0, 0.1) is 0 Å². The van der Waals surface area contributed by atoms with Crippen LogP contribution in [0.1, 0.15) is 30.0 Å². The minimum atomic E-state index is -0.639. The van der Waals surface area contributed by atoms with E-state index < -0.39 is 6.10 Å². The summed E-state index contributed by atoms with van der Waals surface area (Å²) in [5.74, 6) is 0.777. The lowest BCUT2D eigenvalue weighted by Gasteiger charge is -2.23. The van der Waals surface area contributed by atoms with Gasteiger partial charge in [-0.25, -0.2) is 0 Å². The van der Waals surface area contributed by atoms with Crippen molar-refractivity contribution in [1.29, 1.82) is 0 Å². The molecule has 0 radical (unpaired) electrons. The van der Waals surface area contributed by atoms with E-state index >= 15 is 0 Å². The maximum atomic E-state index is 9.78. The molecule has 2 atom stereocenters. The van der Waals surface area contributed by atoms with Crippen LogP contribution in [0.3, 0.4) is 0 Å². The molecular weight excluding hydrogens is 270 g/mol. The van der Waals surface area contributed by atoms with Crippen molar-refractivity contribution in [1.82, 2.24) is 0 Å². The summed E-state index contributed by atoms with van der Waals surface area (Å²) in [6.07, 6.45) is 2.57. The molecule has 1 aromatic rings. The van der Waals surface area contributed by atoms with Gasteiger partial charge in [-0.05, 0) is 42.5 Å². The molecule has 0 aliphatic heterocycles. The van der Waals surface area contributed by atoms with Gasteiger partial charge >= 0.3 is 0 Å². The zero-order valence-corrected chi connectivity index (χ0v) is 12.6. The van der Waals surface area contributed by atoms with Gasteiger partial charge in [-0.3, -0.25) is 0 Å². The molecule has 0 aromatic heterocycles. The van der Waals surface area contributed by atoms with E-state index in [1.807, 2.05) is 18.2 Å². The number of benzene rings is 1. The fourth-order valence-electron chi connectivity index (χ4n) is 2.52. The molecule has 5 nitrogen and oxygen atoms in total. The fourth-order valence-corrected chi connectivity index (χ4v) is 2.52. The number of fused-ring (bicyclic) bond motifs is 1. The van der Waals surface area contributed by atoms with Crippen LogP contribution in [-0.2, 0) is 15.9 Å². The minimum Gasteiger partial charge on any atom is -0.491 e. The monoisotopic (exact) mass is 295 g/mol. The van der Waals surface area contributed by atoms with Crippen molar-refractivity contribution < 1.29 is 19.3 Å². The highest BCUT2D eigenvalue weighted by molar-refractivity contribution is 5.38. The maximum absolute atomic E-state index is 9.78. The van der Waals surface area contributed by atoms with E-state index in [0.717, 1.165) is 25.0 Å². The summed E-state index contributed by atoms with van der Waals surface area (Å²) >= 11 is 0. The topological polar surface area (TPSA) is 73.9 Å². The Balaban J connectivity index is 1.78. The lowest BCUT2D eigenvalue weighted by atomic mass is 9.88. The Morgan fingerprint density at radius 2 is 2.19 bits per heavy atom. The third-order valence-electron chi connectivity index (χ3n) is 3.66. The van der Waals surface area contributed by atoms with Crippen LogP contribution in [0.5, 0.6) is 5.75 Å². The van der Waals surface area contributed by atoms with E-state index in [4.69, 9.17) is 19.9 Å². The first-order valence-corrected chi connectivity index (χ1v) is 7.46. The van der Waals surface area contributed by atoms with Crippen LogP contribution in [0.25, 0.3) is 0 Å². The molecule has 0 fully saturated rings. The number of aryl methyl sites for hydroxylation is 1. The van der Waals surface area contributed by atoms with E-state index in [1.54, 1.807) is 7.11 Å². The summed E-state index contributed by atoms with van der Waals surface area (Å²) in [6.45, 7) is 1.47. The second-order valence-electron chi connectivity index (χ2n) is 5.39. The lowest BCUT2D eigenvalue weighted by molar-refractivity contribution is -0.00420. The van der Waals surface area contributed by atoms with Gasteiger partial charge in [0.2, 0.25) is 0 Å². The average Bonchev–Trinajstić information content (AvgIpc) is 2.50. The Morgan fingerprint density at radius 3 is 3.00 bits per heavy atom. The van der Waals surface area contributed by atoms with E-state index in [9.17, 15) is 5.11 Å². The van der Waals surface area contributed by atoms with Crippen molar-refractivity contribution in [3.8, 4) is 5.75 Å². The largest absolute Gasteiger partial charge is 0.491 e. The first kappa shape index (κ1) is 16.2.